The van der Waals surface area contributed by atoms with Crippen molar-refractivity contribution < 1.29 is 0 Å². The van der Waals surface area contributed by atoms with Crippen LogP contribution in [0.3, 0.4) is 0 Å². The second kappa shape index (κ2) is 43.6. The molecule has 4 fully saturated rings. The zero-order valence-electron chi connectivity index (χ0n) is 54.9. The summed E-state index contributed by atoms with van der Waals surface area (Å²) in [5.41, 5.74) is 3.47. The minimum Gasteiger partial charge on any atom is -0.389 e. The fraction of sp³-hybridized carbons (Fsp3) is 0.919. The molecule has 0 aromatic heterocycles. The molecule has 0 aromatic carbocycles. The molecule has 1 N–H and O–H groups in total. The lowest BCUT2D eigenvalue weighted by molar-refractivity contribution is -0.190. The molecule has 0 spiro atoms. The van der Waals surface area contributed by atoms with Gasteiger partial charge in [0.15, 0.2) is 0 Å². The number of unbranched alkanes of at least 4 members (excludes halogenated alkanes) is 18. The second-order valence-corrected chi connectivity index (χ2v) is 28.1. The van der Waals surface area contributed by atoms with Crippen LogP contribution in [0.1, 0.15) is 361 Å². The van der Waals surface area contributed by atoms with Gasteiger partial charge in [0.1, 0.15) is 0 Å². The lowest BCUT2D eigenvalue weighted by Crippen LogP contribution is -2.60. The molecule has 444 valence electrons. The van der Waals surface area contributed by atoms with E-state index in [0.29, 0.717) is 21.7 Å². The van der Waals surface area contributed by atoms with Gasteiger partial charge in [-0.3, -0.25) is 0 Å². The summed E-state index contributed by atoms with van der Waals surface area (Å²) in [7, 11) is 0. The minimum atomic E-state index is 0.564. The van der Waals surface area contributed by atoms with Crippen LogP contribution in [-0.2, 0) is 0 Å². The summed E-state index contributed by atoms with van der Waals surface area (Å²) < 4.78 is 0. The average Bonchev–Trinajstić information content (AvgIpc) is 3.66. The van der Waals surface area contributed by atoms with Gasteiger partial charge in [-0.1, -0.05) is 296 Å². The van der Waals surface area contributed by atoms with Crippen LogP contribution < -0.4 is 5.32 Å². The van der Waals surface area contributed by atoms with E-state index in [-0.39, 0.29) is 0 Å². The van der Waals surface area contributed by atoms with Crippen molar-refractivity contribution in [3.8, 4) is 12.8 Å². The molecular weight excluding hydrogens is 903 g/mol. The van der Waals surface area contributed by atoms with E-state index in [4.69, 9.17) is 0 Å². The second-order valence-electron chi connectivity index (χ2n) is 28.1. The van der Waals surface area contributed by atoms with Gasteiger partial charge in [0.2, 0.25) is 0 Å². The Bertz CT molecular complexity index is 1370. The predicted octanol–water partition coefficient (Wildman–Crippen LogP) is 25.3. The Kier molecular flexibility index (Phi) is 42.9. The maximum atomic E-state index is 4.00. The van der Waals surface area contributed by atoms with Crippen molar-refractivity contribution in [3.05, 3.63) is 24.4 Å². The number of nitrogens with one attached hydrogen (secondary N) is 1. The fourth-order valence-electron chi connectivity index (χ4n) is 15.6. The van der Waals surface area contributed by atoms with Crippen LogP contribution in [0.2, 0.25) is 0 Å². The Balaban J connectivity index is 0.00000111. The molecule has 1 nitrogen and oxygen atoms in total. The van der Waals surface area contributed by atoms with Crippen molar-refractivity contribution in [2.45, 2.75) is 361 Å². The van der Waals surface area contributed by atoms with Gasteiger partial charge in [-0.05, 0) is 153 Å². The van der Waals surface area contributed by atoms with E-state index in [0.717, 1.165) is 59.6 Å². The fourth-order valence-corrected chi connectivity index (χ4v) is 15.6. The molecular formula is C74H143N. The third-order valence-electron chi connectivity index (χ3n) is 21.5. The number of allylic oxidation sites excluding steroid dienone is 3. The van der Waals surface area contributed by atoms with Crippen molar-refractivity contribution in [2.75, 3.05) is 6.54 Å². The van der Waals surface area contributed by atoms with Crippen LogP contribution in [-0.4, -0.2) is 6.54 Å². The standard InChI is InChI=1S/C30H54.C26H53N.C9H18.C7H16.C2H2/c1-21(2)10-9-11-23(4)27(5)17-15-26-25-13-12-24-20-22(3)14-16-28(24,6)30(25,8)19-18-29(26,27)7;1-5-7-8-9-10-11-13-16-19-22-26(6-2)23-20-17-14-12-15-18-21-24-27-25(3)4;1-3-5-7-9-8-6-4-2;1-4-5-6-7(2)3;1-2/h21-26H,9-20H2,1-8H3;26-27H,3,5-24H2,1-2,4H3;5,7H,3-4,6,8-9H2,1-2H3;7H,4-6H2,1-3H3;1-2H/b;;7-5-;;/t22?,23-,24?,25?,26?,27-,28+,29?,30+;;;;/m1..../s1. The highest BCUT2D eigenvalue weighted by atomic mass is 14.9. The van der Waals surface area contributed by atoms with E-state index in [2.05, 4.69) is 141 Å². The van der Waals surface area contributed by atoms with Crippen molar-refractivity contribution in [1.82, 2.24) is 5.32 Å². The summed E-state index contributed by atoms with van der Waals surface area (Å²) in [6.07, 6.45) is 68.5. The molecule has 0 aromatic rings. The summed E-state index contributed by atoms with van der Waals surface area (Å²) in [4.78, 5) is 0. The van der Waals surface area contributed by atoms with Crippen molar-refractivity contribution in [3.63, 3.8) is 0 Å². The van der Waals surface area contributed by atoms with Crippen LogP contribution in [0, 0.1) is 81.8 Å². The highest BCUT2D eigenvalue weighted by molar-refractivity contribution is 5.17. The number of terminal acetylenes is 1. The molecule has 0 radical (unpaired) electrons. The van der Waals surface area contributed by atoms with E-state index < -0.39 is 0 Å². The molecule has 10 atom stereocenters. The van der Waals surface area contributed by atoms with Gasteiger partial charge in [-0.25, -0.2) is 0 Å². The molecule has 6 unspecified atom stereocenters. The monoisotopic (exact) mass is 1050 g/mol. The first kappa shape index (κ1) is 73.8. The van der Waals surface area contributed by atoms with Crippen molar-refractivity contribution in [1.29, 1.82) is 0 Å². The molecule has 4 saturated carbocycles. The van der Waals surface area contributed by atoms with Crippen LogP contribution in [0.25, 0.3) is 0 Å². The van der Waals surface area contributed by atoms with Gasteiger partial charge in [0.05, 0.1) is 0 Å². The van der Waals surface area contributed by atoms with E-state index in [1.165, 1.54) is 244 Å². The SMILES string of the molecule is C#C.C=C(C)NCCCCCCCCCC(CC)CCCCCCCCCCC.CC(C)CCC[C@@H](C)[C@@]1(C)CCC2C3CCC4CC(C)CC[C@]4(C)[C@@]3(C)CCC21C.CC/C=C\CCCCC.CCCCC(C)C. The highest BCUT2D eigenvalue weighted by Gasteiger charge is 2.67. The summed E-state index contributed by atoms with van der Waals surface area (Å²) in [6.45, 7) is 43.9. The zero-order valence-corrected chi connectivity index (χ0v) is 54.9. The zero-order chi connectivity index (χ0) is 56.6. The van der Waals surface area contributed by atoms with Gasteiger partial charge in [0.25, 0.3) is 0 Å². The molecule has 0 aliphatic heterocycles. The third-order valence-corrected chi connectivity index (χ3v) is 21.5. The van der Waals surface area contributed by atoms with Crippen LogP contribution in [0.15, 0.2) is 24.4 Å². The summed E-state index contributed by atoms with van der Waals surface area (Å²) in [5.74, 6) is 7.62. The molecule has 0 heterocycles. The quantitative estimate of drug-likeness (QED) is 0.0379. The van der Waals surface area contributed by atoms with Gasteiger partial charge in [0, 0.05) is 12.2 Å². The third kappa shape index (κ3) is 27.7. The number of rotatable bonds is 35. The Labute approximate surface area is 477 Å². The van der Waals surface area contributed by atoms with Gasteiger partial charge < -0.3 is 5.32 Å². The van der Waals surface area contributed by atoms with E-state index >= 15 is 0 Å². The van der Waals surface area contributed by atoms with Gasteiger partial charge in [-0.15, -0.1) is 12.8 Å². The minimum absolute atomic E-state index is 0.564. The Hall–Kier alpha value is -1.16. The maximum absolute atomic E-state index is 4.00. The summed E-state index contributed by atoms with van der Waals surface area (Å²) >= 11 is 0. The maximum Gasteiger partial charge on any atom is 0.0143 e. The largest absolute Gasteiger partial charge is 0.389 e. The van der Waals surface area contributed by atoms with Crippen LogP contribution in [0.4, 0.5) is 0 Å². The number of hydrogen-bond acceptors (Lipinski definition) is 1. The van der Waals surface area contributed by atoms with E-state index in [1.54, 1.807) is 6.42 Å². The van der Waals surface area contributed by atoms with Crippen LogP contribution in [0.5, 0.6) is 0 Å². The molecule has 4 aliphatic rings. The van der Waals surface area contributed by atoms with Gasteiger partial charge >= 0.3 is 0 Å². The van der Waals surface area contributed by atoms with Crippen molar-refractivity contribution >= 4 is 0 Å². The molecule has 0 amide bonds. The van der Waals surface area contributed by atoms with Crippen LogP contribution >= 0.6 is 0 Å². The highest BCUT2D eigenvalue weighted by Crippen LogP contribution is 2.76. The molecule has 0 bridgehead atoms. The molecule has 0 saturated heterocycles. The molecule has 1 heteroatoms. The summed E-state index contributed by atoms with van der Waals surface area (Å²) in [5, 5.41) is 3.32. The molecule has 4 aliphatic carbocycles. The molecule has 4 rings (SSSR count). The Morgan fingerprint density at radius 1 is 0.520 bits per heavy atom. The number of hydrogen-bond donors (Lipinski definition) is 1. The van der Waals surface area contributed by atoms with E-state index in [9.17, 15) is 0 Å². The molecule has 75 heavy (non-hydrogen) atoms. The lowest BCUT2D eigenvalue weighted by Gasteiger charge is -2.68. The first-order chi connectivity index (χ1) is 35.9. The van der Waals surface area contributed by atoms with Crippen molar-refractivity contribution in [2.24, 2.45) is 69.0 Å². The normalized spacial score (nSPS) is 27.5. The Morgan fingerprint density at radius 3 is 1.52 bits per heavy atom. The average molecular weight is 1050 g/mol. The number of fused-ring (bicyclic) bond motifs is 5. The topological polar surface area (TPSA) is 12.0 Å². The lowest BCUT2D eigenvalue weighted by atomic mass is 9.37. The smallest absolute Gasteiger partial charge is 0.0143 e. The first-order valence-electron chi connectivity index (χ1n) is 34.2. The first-order valence-corrected chi connectivity index (χ1v) is 34.2. The van der Waals surface area contributed by atoms with Gasteiger partial charge in [-0.2, -0.15) is 0 Å². The van der Waals surface area contributed by atoms with E-state index in [1.807, 2.05) is 6.92 Å². The predicted molar refractivity (Wildman–Crippen MR) is 345 cm³/mol. The summed E-state index contributed by atoms with van der Waals surface area (Å²) in [6, 6.07) is 0. The Morgan fingerprint density at radius 2 is 1.01 bits per heavy atom.